The molecule has 0 atom stereocenters. The van der Waals surface area contributed by atoms with Crippen molar-refractivity contribution < 1.29 is 4.79 Å². The van der Waals surface area contributed by atoms with Crippen LogP contribution in [0.5, 0.6) is 0 Å². The number of nitrogens with one attached hydrogen (secondary N) is 1. The second kappa shape index (κ2) is 6.81. The number of amides is 2. The third kappa shape index (κ3) is 3.11. The monoisotopic (exact) mass is 342 g/mol. The van der Waals surface area contributed by atoms with Crippen molar-refractivity contribution in [1.82, 2.24) is 9.88 Å². The van der Waals surface area contributed by atoms with Gasteiger partial charge < -0.3 is 15.1 Å². The van der Waals surface area contributed by atoms with Crippen LogP contribution in [0.4, 0.5) is 16.3 Å². The molecule has 5 nitrogen and oxygen atoms in total. The van der Waals surface area contributed by atoms with Gasteiger partial charge in [0.25, 0.3) is 0 Å². The number of anilines is 2. The molecular weight excluding hydrogens is 320 g/mol. The van der Waals surface area contributed by atoms with Crippen molar-refractivity contribution in [3.8, 4) is 0 Å². The number of pyridine rings is 1. The number of carbonyl (C=O) groups is 1. The molecule has 0 aromatic carbocycles. The first kappa shape index (κ1) is 15.4. The number of hydrogen-bond donors (Lipinski definition) is 1. The predicted octanol–water partition coefficient (Wildman–Crippen LogP) is 3.72. The van der Waals surface area contributed by atoms with E-state index in [0.29, 0.717) is 6.54 Å². The van der Waals surface area contributed by atoms with Crippen LogP contribution < -0.4 is 10.2 Å². The van der Waals surface area contributed by atoms with Crippen LogP contribution >= 0.6 is 11.3 Å². The highest BCUT2D eigenvalue weighted by atomic mass is 32.1. The van der Waals surface area contributed by atoms with Gasteiger partial charge in [0.2, 0.25) is 0 Å². The number of fused-ring (bicyclic) bond motifs is 1. The standard InChI is InChI=1S/C18H22N4OS/c23-18(22-11-6-16-14(13-22)7-12-24-16)20-15-5-4-8-19-17(15)21-9-2-1-3-10-21/h4-5,7-8,12H,1-3,6,9-11,13H2,(H,20,23). The first-order chi connectivity index (χ1) is 11.8. The van der Waals surface area contributed by atoms with Crippen molar-refractivity contribution in [2.24, 2.45) is 0 Å². The fraction of sp³-hybridized carbons (Fsp3) is 0.444. The van der Waals surface area contributed by atoms with Gasteiger partial charge in [0.05, 0.1) is 5.69 Å². The number of hydrogen-bond acceptors (Lipinski definition) is 4. The van der Waals surface area contributed by atoms with Gasteiger partial charge in [-0.05, 0) is 54.8 Å². The molecule has 0 radical (unpaired) electrons. The van der Waals surface area contributed by atoms with Gasteiger partial charge >= 0.3 is 6.03 Å². The van der Waals surface area contributed by atoms with Gasteiger partial charge in [0, 0.05) is 37.3 Å². The van der Waals surface area contributed by atoms with Crippen LogP contribution in [0.25, 0.3) is 0 Å². The van der Waals surface area contributed by atoms with Crippen molar-refractivity contribution in [3.05, 3.63) is 40.2 Å². The number of nitrogens with zero attached hydrogens (tertiary/aromatic N) is 3. The summed E-state index contributed by atoms with van der Waals surface area (Å²) in [6, 6.07) is 5.94. The Morgan fingerprint density at radius 2 is 2.04 bits per heavy atom. The Morgan fingerprint density at radius 1 is 1.17 bits per heavy atom. The number of urea groups is 1. The normalized spacial score (nSPS) is 17.5. The highest BCUT2D eigenvalue weighted by molar-refractivity contribution is 7.10. The SMILES string of the molecule is O=C(Nc1cccnc1N1CCCCC1)N1CCc2sccc2C1. The number of aromatic nitrogens is 1. The van der Waals surface area contributed by atoms with Crippen LogP contribution in [0.3, 0.4) is 0 Å². The van der Waals surface area contributed by atoms with Gasteiger partial charge in [-0.1, -0.05) is 0 Å². The Bertz CT molecular complexity index is 723. The van der Waals surface area contributed by atoms with Crippen molar-refractivity contribution >= 4 is 28.9 Å². The summed E-state index contributed by atoms with van der Waals surface area (Å²) >= 11 is 1.79. The van der Waals surface area contributed by atoms with Crippen LogP contribution in [-0.4, -0.2) is 35.5 Å². The van der Waals surface area contributed by atoms with Gasteiger partial charge in [0.15, 0.2) is 5.82 Å². The molecule has 0 saturated carbocycles. The van der Waals surface area contributed by atoms with E-state index in [1.165, 1.54) is 29.7 Å². The summed E-state index contributed by atoms with van der Waals surface area (Å²) in [5, 5.41) is 5.20. The molecule has 0 unspecified atom stereocenters. The second-order valence-corrected chi connectivity index (χ2v) is 7.39. The largest absolute Gasteiger partial charge is 0.355 e. The van der Waals surface area contributed by atoms with E-state index >= 15 is 0 Å². The molecule has 2 aliphatic heterocycles. The predicted molar refractivity (Wildman–Crippen MR) is 97.8 cm³/mol. The van der Waals surface area contributed by atoms with E-state index in [1.807, 2.05) is 17.0 Å². The maximum absolute atomic E-state index is 12.7. The summed E-state index contributed by atoms with van der Waals surface area (Å²) in [7, 11) is 0. The van der Waals surface area contributed by atoms with E-state index in [9.17, 15) is 4.79 Å². The van der Waals surface area contributed by atoms with E-state index in [4.69, 9.17) is 0 Å². The molecule has 126 valence electrons. The molecule has 0 aliphatic carbocycles. The molecule has 2 amide bonds. The smallest absolute Gasteiger partial charge is 0.322 e. The number of thiophene rings is 1. The van der Waals surface area contributed by atoms with Gasteiger partial charge in [0.1, 0.15) is 0 Å². The van der Waals surface area contributed by atoms with Gasteiger partial charge in [-0.3, -0.25) is 0 Å². The Labute approximate surface area is 146 Å². The lowest BCUT2D eigenvalue weighted by atomic mass is 10.1. The summed E-state index contributed by atoms with van der Waals surface area (Å²) in [6.07, 6.45) is 6.42. The van der Waals surface area contributed by atoms with Crippen LogP contribution in [0.1, 0.15) is 29.7 Å². The lowest BCUT2D eigenvalue weighted by Gasteiger charge is -2.31. The summed E-state index contributed by atoms with van der Waals surface area (Å²) in [4.78, 5) is 22.8. The lowest BCUT2D eigenvalue weighted by Crippen LogP contribution is -2.39. The molecule has 1 N–H and O–H groups in total. The third-order valence-corrected chi connectivity index (χ3v) is 5.80. The molecule has 0 bridgehead atoms. The average molecular weight is 342 g/mol. The van der Waals surface area contributed by atoms with Crippen LogP contribution in [-0.2, 0) is 13.0 Å². The van der Waals surface area contributed by atoms with E-state index in [-0.39, 0.29) is 6.03 Å². The molecule has 1 saturated heterocycles. The summed E-state index contributed by atoms with van der Waals surface area (Å²) < 4.78 is 0. The Hall–Kier alpha value is -2.08. The minimum absolute atomic E-state index is 0.0295. The minimum Gasteiger partial charge on any atom is -0.355 e. The van der Waals surface area contributed by atoms with Crippen molar-refractivity contribution in [2.45, 2.75) is 32.2 Å². The topological polar surface area (TPSA) is 48.5 Å². The number of carbonyl (C=O) groups excluding carboxylic acids is 1. The van der Waals surface area contributed by atoms with Crippen LogP contribution in [0.15, 0.2) is 29.8 Å². The van der Waals surface area contributed by atoms with Crippen molar-refractivity contribution in [3.63, 3.8) is 0 Å². The first-order valence-corrected chi connectivity index (χ1v) is 9.50. The zero-order valence-electron chi connectivity index (χ0n) is 13.7. The molecular formula is C18H22N4OS. The minimum atomic E-state index is -0.0295. The Kier molecular flexibility index (Phi) is 4.38. The molecule has 4 heterocycles. The van der Waals surface area contributed by atoms with Gasteiger partial charge in [-0.25, -0.2) is 9.78 Å². The molecule has 1 fully saturated rings. The van der Waals surface area contributed by atoms with E-state index in [2.05, 4.69) is 26.6 Å². The highest BCUT2D eigenvalue weighted by Crippen LogP contribution is 2.28. The molecule has 4 rings (SSSR count). The lowest BCUT2D eigenvalue weighted by molar-refractivity contribution is 0.207. The van der Waals surface area contributed by atoms with Gasteiger partial charge in [-0.15, -0.1) is 11.3 Å². The first-order valence-electron chi connectivity index (χ1n) is 8.62. The van der Waals surface area contributed by atoms with Crippen LogP contribution in [0, 0.1) is 0 Å². The maximum atomic E-state index is 12.7. The molecule has 2 aromatic rings. The van der Waals surface area contributed by atoms with E-state index in [1.54, 1.807) is 17.5 Å². The van der Waals surface area contributed by atoms with Gasteiger partial charge in [-0.2, -0.15) is 0 Å². The second-order valence-electron chi connectivity index (χ2n) is 6.39. The summed E-state index contributed by atoms with van der Waals surface area (Å²) in [5.74, 6) is 0.902. The third-order valence-electron chi connectivity index (χ3n) is 4.78. The van der Waals surface area contributed by atoms with Crippen molar-refractivity contribution in [1.29, 1.82) is 0 Å². The summed E-state index contributed by atoms with van der Waals surface area (Å²) in [5.41, 5.74) is 2.10. The molecule has 6 heteroatoms. The summed E-state index contributed by atoms with van der Waals surface area (Å²) in [6.45, 7) is 3.51. The van der Waals surface area contributed by atoms with Crippen molar-refractivity contribution in [2.75, 3.05) is 29.9 Å². The molecule has 0 spiro atoms. The fourth-order valence-electron chi connectivity index (χ4n) is 3.47. The maximum Gasteiger partial charge on any atom is 0.322 e. The number of rotatable bonds is 2. The fourth-order valence-corrected chi connectivity index (χ4v) is 4.36. The van der Waals surface area contributed by atoms with Crippen LogP contribution in [0.2, 0.25) is 0 Å². The molecule has 2 aromatic heterocycles. The zero-order chi connectivity index (χ0) is 16.4. The quantitative estimate of drug-likeness (QED) is 0.905. The Morgan fingerprint density at radius 3 is 2.92 bits per heavy atom. The molecule has 2 aliphatic rings. The average Bonchev–Trinajstić information content (AvgIpc) is 3.10. The molecule has 24 heavy (non-hydrogen) atoms. The number of piperidine rings is 1. The van der Waals surface area contributed by atoms with E-state index in [0.717, 1.165) is 37.6 Å². The highest BCUT2D eigenvalue weighted by Gasteiger charge is 2.23. The zero-order valence-corrected chi connectivity index (χ0v) is 14.5. The van der Waals surface area contributed by atoms with E-state index < -0.39 is 0 Å². The Balaban J connectivity index is 1.48.